The minimum Gasteiger partial charge on any atom is -0.378 e. The van der Waals surface area contributed by atoms with Gasteiger partial charge in [0, 0.05) is 81.3 Å². The molecule has 12 heteroatoms. The van der Waals surface area contributed by atoms with E-state index >= 15 is 0 Å². The molecular formula is C26H34ClN7O3S. The van der Waals surface area contributed by atoms with Crippen molar-refractivity contribution in [1.29, 1.82) is 0 Å². The maximum Gasteiger partial charge on any atom is 0.317 e. The van der Waals surface area contributed by atoms with Gasteiger partial charge in [0.1, 0.15) is 4.90 Å². The first-order chi connectivity index (χ1) is 18.6. The molecule has 0 bridgehead atoms. The van der Waals surface area contributed by atoms with Gasteiger partial charge in [-0.05, 0) is 37.1 Å². The summed E-state index contributed by atoms with van der Waals surface area (Å²) >= 11 is 6.06. The number of carbonyl (C=O) groups is 1. The molecule has 204 valence electrons. The lowest BCUT2D eigenvalue weighted by Crippen LogP contribution is -2.49. The molecule has 6 rings (SSSR count). The third-order valence-electron chi connectivity index (χ3n) is 7.85. The summed E-state index contributed by atoms with van der Waals surface area (Å²) in [6, 6.07) is 8.04. The molecule has 2 amide bonds. The van der Waals surface area contributed by atoms with Crippen LogP contribution in [0.2, 0.25) is 5.02 Å². The van der Waals surface area contributed by atoms with Crippen LogP contribution < -0.4 is 20.0 Å². The maximum absolute atomic E-state index is 13.0. The molecule has 38 heavy (non-hydrogen) atoms. The fourth-order valence-electron chi connectivity index (χ4n) is 5.73. The second-order valence-corrected chi connectivity index (χ2v) is 12.1. The van der Waals surface area contributed by atoms with E-state index in [2.05, 4.69) is 32.1 Å². The van der Waals surface area contributed by atoms with E-state index < -0.39 is 10.8 Å². The minimum atomic E-state index is -1.10. The van der Waals surface area contributed by atoms with Crippen molar-refractivity contribution < 1.29 is 13.7 Å². The van der Waals surface area contributed by atoms with Gasteiger partial charge in [0.25, 0.3) is 0 Å². The lowest BCUT2D eigenvalue weighted by molar-refractivity contribution is 0.0531. The maximum atomic E-state index is 13.0. The first-order valence-corrected chi connectivity index (χ1v) is 15.2. The van der Waals surface area contributed by atoms with Crippen LogP contribution in [0.25, 0.3) is 0 Å². The minimum absolute atomic E-state index is 0.0455. The summed E-state index contributed by atoms with van der Waals surface area (Å²) in [4.78, 5) is 32.1. The van der Waals surface area contributed by atoms with Crippen molar-refractivity contribution in [3.05, 3.63) is 35.0 Å². The fraction of sp³-hybridized carbons (Fsp3) is 0.577. The molecule has 3 saturated heterocycles. The molecule has 4 aliphatic rings. The normalized spacial score (nSPS) is 23.6. The van der Waals surface area contributed by atoms with Gasteiger partial charge in [0.2, 0.25) is 5.95 Å². The number of aryl methyl sites for hydroxylation is 1. The van der Waals surface area contributed by atoms with Gasteiger partial charge in [-0.25, -0.2) is 9.78 Å². The molecule has 0 radical (unpaired) electrons. The molecule has 1 unspecified atom stereocenters. The highest BCUT2D eigenvalue weighted by Gasteiger charge is 2.35. The Morgan fingerprint density at radius 2 is 1.76 bits per heavy atom. The standard InChI is InChI=1S/C26H34ClN7O3S/c27-19-3-5-20(6-4-19)31-9-11-32(12-10-31)25-29-22-7-17-38(36)23(22)24(30-25)34-8-1-2-21(34)18-28-26(35)33-13-15-37-16-14-33/h3-6,21H,1-2,7-18H2,(H,28,35)/t21?,38-/m0/s1. The van der Waals surface area contributed by atoms with E-state index in [1.807, 2.05) is 17.0 Å². The molecule has 0 aliphatic carbocycles. The Bertz CT molecular complexity index is 1190. The third-order valence-corrected chi connectivity index (χ3v) is 9.55. The Morgan fingerprint density at radius 1 is 1.03 bits per heavy atom. The number of nitrogens with zero attached hydrogens (tertiary/aromatic N) is 6. The van der Waals surface area contributed by atoms with Gasteiger partial charge in [-0.15, -0.1) is 0 Å². The Balaban J connectivity index is 1.18. The van der Waals surface area contributed by atoms with Gasteiger partial charge in [-0.2, -0.15) is 4.98 Å². The number of nitrogens with one attached hydrogen (secondary N) is 1. The number of amides is 2. The number of anilines is 3. The first-order valence-electron chi connectivity index (χ1n) is 13.5. The van der Waals surface area contributed by atoms with Crippen LogP contribution in [-0.2, 0) is 22.0 Å². The Kier molecular flexibility index (Phi) is 7.58. The van der Waals surface area contributed by atoms with E-state index in [9.17, 15) is 9.00 Å². The van der Waals surface area contributed by atoms with E-state index in [4.69, 9.17) is 26.3 Å². The van der Waals surface area contributed by atoms with Crippen LogP contribution in [0.4, 0.5) is 22.2 Å². The Hall–Kier alpha value is -2.63. The average molecular weight is 560 g/mol. The number of hydrogen-bond acceptors (Lipinski definition) is 8. The van der Waals surface area contributed by atoms with Crippen molar-refractivity contribution in [2.24, 2.45) is 0 Å². The number of rotatable bonds is 5. The summed E-state index contributed by atoms with van der Waals surface area (Å²) in [6.45, 7) is 7.12. The number of ether oxygens (including phenoxy) is 1. The van der Waals surface area contributed by atoms with Crippen molar-refractivity contribution in [3.63, 3.8) is 0 Å². The van der Waals surface area contributed by atoms with Gasteiger partial charge < -0.3 is 29.7 Å². The number of fused-ring (bicyclic) bond motifs is 1. The van der Waals surface area contributed by atoms with Crippen LogP contribution in [-0.4, -0.2) is 102 Å². The molecule has 3 fully saturated rings. The van der Waals surface area contributed by atoms with Gasteiger partial charge in [-0.3, -0.25) is 4.21 Å². The molecule has 5 heterocycles. The van der Waals surface area contributed by atoms with Crippen molar-refractivity contribution in [2.75, 3.05) is 86.0 Å². The van der Waals surface area contributed by atoms with Gasteiger partial charge >= 0.3 is 6.03 Å². The molecule has 1 N–H and O–H groups in total. The summed E-state index contributed by atoms with van der Waals surface area (Å²) < 4.78 is 18.4. The van der Waals surface area contributed by atoms with Gasteiger partial charge in [-0.1, -0.05) is 11.6 Å². The van der Waals surface area contributed by atoms with Crippen molar-refractivity contribution in [1.82, 2.24) is 20.2 Å². The predicted octanol–water partition coefficient (Wildman–Crippen LogP) is 2.13. The number of urea groups is 1. The Labute approximate surface area is 230 Å². The van der Waals surface area contributed by atoms with E-state index in [1.165, 1.54) is 5.69 Å². The average Bonchev–Trinajstić information content (AvgIpc) is 3.59. The first kappa shape index (κ1) is 25.6. The monoisotopic (exact) mass is 559 g/mol. The van der Waals surface area contributed by atoms with E-state index in [0.29, 0.717) is 45.0 Å². The summed E-state index contributed by atoms with van der Waals surface area (Å²) in [5.41, 5.74) is 2.07. The molecule has 2 aromatic rings. The van der Waals surface area contributed by atoms with Crippen LogP contribution in [0, 0.1) is 0 Å². The molecule has 0 spiro atoms. The fourth-order valence-corrected chi connectivity index (χ4v) is 7.21. The SMILES string of the molecule is O=C(NCC1CCCN1c1nc(N2CCN(c3ccc(Cl)cc3)CC2)nc2c1[S@@](=O)CC2)N1CCOCC1. The number of hydrogen-bond donors (Lipinski definition) is 1. The van der Waals surface area contributed by atoms with Crippen LogP contribution in [0.5, 0.6) is 0 Å². The molecule has 1 aromatic heterocycles. The summed E-state index contributed by atoms with van der Waals surface area (Å²) in [5.74, 6) is 2.11. The summed E-state index contributed by atoms with van der Waals surface area (Å²) in [7, 11) is -1.10. The predicted molar refractivity (Wildman–Crippen MR) is 149 cm³/mol. The lowest BCUT2D eigenvalue weighted by atomic mass is 10.2. The zero-order chi connectivity index (χ0) is 26.1. The zero-order valence-corrected chi connectivity index (χ0v) is 23.1. The number of aromatic nitrogens is 2. The van der Waals surface area contributed by atoms with Crippen molar-refractivity contribution in [3.8, 4) is 0 Å². The second-order valence-electron chi connectivity index (χ2n) is 10.1. The lowest BCUT2D eigenvalue weighted by Gasteiger charge is -2.37. The largest absolute Gasteiger partial charge is 0.378 e. The van der Waals surface area contributed by atoms with Crippen molar-refractivity contribution in [2.45, 2.75) is 30.2 Å². The van der Waals surface area contributed by atoms with E-state index in [1.54, 1.807) is 0 Å². The van der Waals surface area contributed by atoms with Crippen LogP contribution >= 0.6 is 11.6 Å². The Morgan fingerprint density at radius 3 is 2.53 bits per heavy atom. The number of carbonyl (C=O) groups excluding carboxylic acids is 1. The van der Waals surface area contributed by atoms with E-state index in [0.717, 1.165) is 72.9 Å². The highest BCUT2D eigenvalue weighted by molar-refractivity contribution is 7.85. The number of benzene rings is 1. The summed E-state index contributed by atoms with van der Waals surface area (Å²) in [6.07, 6.45) is 2.68. The number of halogens is 1. The van der Waals surface area contributed by atoms with Crippen LogP contribution in [0.3, 0.4) is 0 Å². The van der Waals surface area contributed by atoms with Crippen molar-refractivity contribution >= 4 is 45.9 Å². The molecular weight excluding hydrogens is 526 g/mol. The summed E-state index contributed by atoms with van der Waals surface area (Å²) in [5, 5.41) is 3.86. The third kappa shape index (κ3) is 5.28. The van der Waals surface area contributed by atoms with Crippen LogP contribution in [0.15, 0.2) is 29.2 Å². The number of morpholine rings is 1. The quantitative estimate of drug-likeness (QED) is 0.595. The topological polar surface area (TPSA) is 94.1 Å². The number of piperazine rings is 1. The smallest absolute Gasteiger partial charge is 0.317 e. The van der Waals surface area contributed by atoms with Gasteiger partial charge in [0.15, 0.2) is 5.82 Å². The van der Waals surface area contributed by atoms with E-state index in [-0.39, 0.29) is 12.1 Å². The van der Waals surface area contributed by atoms with Gasteiger partial charge in [0.05, 0.1) is 29.7 Å². The highest BCUT2D eigenvalue weighted by Crippen LogP contribution is 2.36. The molecule has 10 nitrogen and oxygen atoms in total. The molecule has 4 aliphatic heterocycles. The highest BCUT2D eigenvalue weighted by atomic mass is 35.5. The zero-order valence-electron chi connectivity index (χ0n) is 21.5. The second kappa shape index (κ2) is 11.2. The molecule has 1 aromatic carbocycles. The molecule has 0 saturated carbocycles. The molecule has 2 atom stereocenters. The van der Waals surface area contributed by atoms with Crippen LogP contribution in [0.1, 0.15) is 18.5 Å².